The number of aliphatic imine (C=N–C) groups is 1. The first kappa shape index (κ1) is 9.51. The van der Waals surface area contributed by atoms with Crippen LogP contribution in [-0.2, 0) is 0 Å². The van der Waals surface area contributed by atoms with Crippen molar-refractivity contribution < 1.29 is 0 Å². The summed E-state index contributed by atoms with van der Waals surface area (Å²) in [6, 6.07) is 1.79. The van der Waals surface area contributed by atoms with Gasteiger partial charge in [-0.05, 0) is 13.0 Å². The number of pyridine rings is 1. The average Bonchev–Trinajstić information content (AvgIpc) is 2.27. The highest BCUT2D eigenvalue weighted by Gasteiger charge is 2.03. The number of hydrogen-bond acceptors (Lipinski definition) is 4. The van der Waals surface area contributed by atoms with Gasteiger partial charge >= 0.3 is 0 Å². The molecular formula is C10H11N5. The molecule has 5 nitrogen and oxygen atoms in total. The summed E-state index contributed by atoms with van der Waals surface area (Å²) in [5.41, 5.74) is 8.70. The molecule has 0 atom stereocenters. The van der Waals surface area contributed by atoms with Crippen LogP contribution in [0.4, 0.5) is 0 Å². The molecular weight excluding hydrogens is 190 g/mol. The van der Waals surface area contributed by atoms with Crippen LogP contribution < -0.4 is 5.73 Å². The number of aromatic nitrogens is 3. The van der Waals surface area contributed by atoms with E-state index in [1.54, 1.807) is 25.5 Å². The van der Waals surface area contributed by atoms with Gasteiger partial charge in [-0.15, -0.1) is 0 Å². The lowest BCUT2D eigenvalue weighted by Crippen LogP contribution is -2.14. The second-order valence-electron chi connectivity index (χ2n) is 3.18. The maximum atomic E-state index is 5.66. The Hall–Kier alpha value is -2.04. The quantitative estimate of drug-likeness (QED) is 0.543. The lowest BCUT2D eigenvalue weighted by Gasteiger charge is -2.01. The van der Waals surface area contributed by atoms with E-state index in [2.05, 4.69) is 19.9 Å². The molecule has 2 aromatic rings. The topological polar surface area (TPSA) is 77.0 Å². The van der Waals surface area contributed by atoms with Crippen molar-refractivity contribution in [2.24, 2.45) is 10.7 Å². The predicted octanol–water partition coefficient (Wildman–Crippen LogP) is 0.668. The number of amidine groups is 1. The van der Waals surface area contributed by atoms with Gasteiger partial charge < -0.3 is 5.73 Å². The molecule has 2 aromatic heterocycles. The molecule has 5 heteroatoms. The zero-order valence-electron chi connectivity index (χ0n) is 8.60. The SMILES string of the molecule is CN=C(N)c1cc2nc(C)cnc2cn1. The van der Waals surface area contributed by atoms with Crippen LogP contribution in [0.2, 0.25) is 0 Å². The van der Waals surface area contributed by atoms with Crippen LogP contribution in [0.25, 0.3) is 11.0 Å². The molecule has 76 valence electrons. The van der Waals surface area contributed by atoms with Gasteiger partial charge in [0.25, 0.3) is 0 Å². The Bertz CT molecular complexity index is 532. The Labute approximate surface area is 87.1 Å². The number of hydrogen-bond donors (Lipinski definition) is 1. The van der Waals surface area contributed by atoms with Crippen molar-refractivity contribution in [2.45, 2.75) is 6.92 Å². The minimum atomic E-state index is 0.403. The Morgan fingerprint density at radius 2 is 2.07 bits per heavy atom. The Morgan fingerprint density at radius 3 is 2.80 bits per heavy atom. The van der Waals surface area contributed by atoms with Crippen molar-refractivity contribution in [2.75, 3.05) is 7.05 Å². The molecule has 0 amide bonds. The number of aryl methyl sites for hydroxylation is 1. The molecule has 0 spiro atoms. The molecule has 2 N–H and O–H groups in total. The molecule has 2 rings (SSSR count). The van der Waals surface area contributed by atoms with Gasteiger partial charge in [0.1, 0.15) is 17.0 Å². The third-order valence-electron chi connectivity index (χ3n) is 2.05. The molecule has 0 aliphatic carbocycles. The van der Waals surface area contributed by atoms with Crippen molar-refractivity contribution in [1.29, 1.82) is 0 Å². The summed E-state index contributed by atoms with van der Waals surface area (Å²) in [5.74, 6) is 0.403. The van der Waals surface area contributed by atoms with Gasteiger partial charge in [-0.2, -0.15) is 0 Å². The lowest BCUT2D eigenvalue weighted by molar-refractivity contribution is 1.16. The molecule has 0 saturated carbocycles. The van der Waals surface area contributed by atoms with Gasteiger partial charge in [0.05, 0.1) is 17.4 Å². The minimum absolute atomic E-state index is 0.403. The molecule has 0 aromatic carbocycles. The summed E-state index contributed by atoms with van der Waals surface area (Å²) >= 11 is 0. The molecule has 0 bridgehead atoms. The summed E-state index contributed by atoms with van der Waals surface area (Å²) in [6.07, 6.45) is 3.36. The van der Waals surface area contributed by atoms with Crippen LogP contribution in [0.1, 0.15) is 11.4 Å². The third kappa shape index (κ3) is 1.76. The molecule has 0 saturated heterocycles. The second kappa shape index (κ2) is 3.61. The first-order valence-electron chi connectivity index (χ1n) is 4.53. The maximum absolute atomic E-state index is 5.66. The highest BCUT2D eigenvalue weighted by Crippen LogP contribution is 2.09. The molecule has 15 heavy (non-hydrogen) atoms. The normalized spacial score (nSPS) is 12.0. The number of nitrogens with zero attached hydrogens (tertiary/aromatic N) is 4. The van der Waals surface area contributed by atoms with Crippen LogP contribution in [0.15, 0.2) is 23.5 Å². The molecule has 0 aliphatic heterocycles. The zero-order chi connectivity index (χ0) is 10.8. The van der Waals surface area contributed by atoms with Crippen molar-refractivity contribution in [3.63, 3.8) is 0 Å². The number of rotatable bonds is 1. The van der Waals surface area contributed by atoms with Gasteiger partial charge in [0.2, 0.25) is 0 Å². The van der Waals surface area contributed by atoms with Gasteiger partial charge in [0.15, 0.2) is 0 Å². The highest BCUT2D eigenvalue weighted by atomic mass is 14.9. The average molecular weight is 201 g/mol. The zero-order valence-corrected chi connectivity index (χ0v) is 8.60. The van der Waals surface area contributed by atoms with Gasteiger partial charge in [0, 0.05) is 13.2 Å². The smallest absolute Gasteiger partial charge is 0.144 e. The maximum Gasteiger partial charge on any atom is 0.144 e. The fourth-order valence-electron chi connectivity index (χ4n) is 1.26. The van der Waals surface area contributed by atoms with Gasteiger partial charge in [-0.1, -0.05) is 0 Å². The van der Waals surface area contributed by atoms with E-state index in [-0.39, 0.29) is 0 Å². The summed E-state index contributed by atoms with van der Waals surface area (Å²) < 4.78 is 0. The van der Waals surface area contributed by atoms with E-state index in [1.807, 2.05) is 6.92 Å². The predicted molar refractivity (Wildman–Crippen MR) is 58.7 cm³/mol. The first-order valence-corrected chi connectivity index (χ1v) is 4.53. The van der Waals surface area contributed by atoms with E-state index >= 15 is 0 Å². The van der Waals surface area contributed by atoms with Gasteiger partial charge in [-0.25, -0.2) is 4.98 Å². The van der Waals surface area contributed by atoms with Crippen LogP contribution in [0.3, 0.4) is 0 Å². The molecule has 0 unspecified atom stereocenters. The standard InChI is InChI=1S/C10H11N5/c1-6-4-13-9-5-14-8(10(11)12-2)3-7(9)15-6/h3-5H,1-2H3,(H2,11,12). The van der Waals surface area contributed by atoms with Crippen LogP contribution in [-0.4, -0.2) is 27.8 Å². The van der Waals surface area contributed by atoms with E-state index in [0.717, 1.165) is 16.7 Å². The van der Waals surface area contributed by atoms with E-state index in [4.69, 9.17) is 5.73 Å². The van der Waals surface area contributed by atoms with E-state index < -0.39 is 0 Å². The Morgan fingerprint density at radius 1 is 1.27 bits per heavy atom. The first-order chi connectivity index (χ1) is 7.20. The fraction of sp³-hybridized carbons (Fsp3) is 0.200. The van der Waals surface area contributed by atoms with Crippen molar-refractivity contribution in [3.8, 4) is 0 Å². The summed E-state index contributed by atoms with van der Waals surface area (Å²) in [5, 5.41) is 0. The van der Waals surface area contributed by atoms with Crippen molar-refractivity contribution in [3.05, 3.63) is 29.8 Å². The fourth-order valence-corrected chi connectivity index (χ4v) is 1.26. The van der Waals surface area contributed by atoms with Crippen LogP contribution in [0, 0.1) is 6.92 Å². The molecule has 0 fully saturated rings. The summed E-state index contributed by atoms with van der Waals surface area (Å²) in [6.45, 7) is 1.89. The van der Waals surface area contributed by atoms with E-state index in [0.29, 0.717) is 11.5 Å². The number of nitrogens with two attached hydrogens (primary N) is 1. The van der Waals surface area contributed by atoms with Crippen LogP contribution >= 0.6 is 0 Å². The minimum Gasteiger partial charge on any atom is -0.382 e. The highest BCUT2D eigenvalue weighted by molar-refractivity contribution is 5.97. The number of fused-ring (bicyclic) bond motifs is 1. The van der Waals surface area contributed by atoms with Crippen LogP contribution in [0.5, 0.6) is 0 Å². The van der Waals surface area contributed by atoms with E-state index in [1.165, 1.54) is 0 Å². The largest absolute Gasteiger partial charge is 0.382 e. The van der Waals surface area contributed by atoms with E-state index in [9.17, 15) is 0 Å². The molecule has 0 radical (unpaired) electrons. The Kier molecular flexibility index (Phi) is 2.29. The Balaban J connectivity index is 2.64. The third-order valence-corrected chi connectivity index (χ3v) is 2.05. The van der Waals surface area contributed by atoms with Gasteiger partial charge in [-0.3, -0.25) is 15.0 Å². The lowest BCUT2D eigenvalue weighted by atomic mass is 10.3. The second-order valence-corrected chi connectivity index (χ2v) is 3.18. The monoisotopic (exact) mass is 201 g/mol. The molecule has 0 aliphatic rings. The van der Waals surface area contributed by atoms with Crippen molar-refractivity contribution >= 4 is 16.9 Å². The summed E-state index contributed by atoms with van der Waals surface area (Å²) in [4.78, 5) is 16.6. The summed E-state index contributed by atoms with van der Waals surface area (Å²) in [7, 11) is 1.63. The molecule has 2 heterocycles. The van der Waals surface area contributed by atoms with Crippen molar-refractivity contribution in [1.82, 2.24) is 15.0 Å².